The predicted octanol–water partition coefficient (Wildman–Crippen LogP) is 3.54. The number of hydrogen-bond donors (Lipinski definition) is 3. The molecule has 0 radical (unpaired) electrons. The van der Waals surface area contributed by atoms with Crippen molar-refractivity contribution in [1.82, 2.24) is 10.6 Å². The second-order valence-corrected chi connectivity index (χ2v) is 6.32. The van der Waals surface area contributed by atoms with Crippen LogP contribution < -0.4 is 10.6 Å². The second-order valence-electron chi connectivity index (χ2n) is 5.10. The Bertz CT molecular complexity index is 587. The Morgan fingerprint density at radius 1 is 1.27 bits per heavy atom. The number of aliphatic hydroxyl groups is 1. The molecule has 2 unspecified atom stereocenters. The van der Waals surface area contributed by atoms with Crippen molar-refractivity contribution in [2.45, 2.75) is 18.9 Å². The fourth-order valence-electron chi connectivity index (χ4n) is 2.06. The Morgan fingerprint density at radius 2 is 2.00 bits per heavy atom. The maximum atomic E-state index is 12.0. The SMILES string of the molecule is CC(CNC(=O)NC(CO)c1ccc(Cl)cc1)c1ccsc1. The lowest BCUT2D eigenvalue weighted by Crippen LogP contribution is -2.40. The zero-order chi connectivity index (χ0) is 15.9. The number of halogens is 1. The first-order valence-electron chi connectivity index (χ1n) is 7.03. The highest BCUT2D eigenvalue weighted by atomic mass is 35.5. The molecule has 2 atom stereocenters. The van der Waals surface area contributed by atoms with Crippen LogP contribution in [0.3, 0.4) is 0 Å². The Balaban J connectivity index is 1.85. The quantitative estimate of drug-likeness (QED) is 0.754. The van der Waals surface area contributed by atoms with E-state index in [-0.39, 0.29) is 18.6 Å². The lowest BCUT2D eigenvalue weighted by Gasteiger charge is -2.18. The van der Waals surface area contributed by atoms with Gasteiger partial charge in [-0.3, -0.25) is 0 Å². The Morgan fingerprint density at radius 3 is 2.59 bits per heavy atom. The van der Waals surface area contributed by atoms with E-state index in [0.29, 0.717) is 11.6 Å². The summed E-state index contributed by atoms with van der Waals surface area (Å²) in [5.41, 5.74) is 2.02. The molecular formula is C16H19ClN2O2S. The summed E-state index contributed by atoms with van der Waals surface area (Å²) in [6.07, 6.45) is 0. The van der Waals surface area contributed by atoms with Gasteiger partial charge >= 0.3 is 6.03 Å². The molecule has 2 rings (SSSR count). The minimum absolute atomic E-state index is 0.171. The van der Waals surface area contributed by atoms with E-state index in [4.69, 9.17) is 11.6 Å². The van der Waals surface area contributed by atoms with Crippen molar-refractivity contribution in [3.8, 4) is 0 Å². The van der Waals surface area contributed by atoms with Crippen LogP contribution in [-0.2, 0) is 0 Å². The van der Waals surface area contributed by atoms with Gasteiger partial charge in [0.1, 0.15) is 0 Å². The number of hydrogen-bond acceptors (Lipinski definition) is 3. The van der Waals surface area contributed by atoms with Crippen LogP contribution >= 0.6 is 22.9 Å². The summed E-state index contributed by atoms with van der Waals surface area (Å²) in [5.74, 6) is 0.250. The van der Waals surface area contributed by atoms with Gasteiger partial charge in [-0.05, 0) is 46.0 Å². The zero-order valence-corrected chi connectivity index (χ0v) is 13.8. The van der Waals surface area contributed by atoms with Gasteiger partial charge in [0.15, 0.2) is 0 Å². The highest BCUT2D eigenvalue weighted by Crippen LogP contribution is 2.18. The number of carbonyl (C=O) groups is 1. The fraction of sp³-hybridized carbons (Fsp3) is 0.312. The summed E-state index contributed by atoms with van der Waals surface area (Å²) >= 11 is 7.48. The molecule has 0 saturated heterocycles. The standard InChI is InChI=1S/C16H19ClN2O2S/c1-11(13-6-7-22-10-13)8-18-16(21)19-15(9-20)12-2-4-14(17)5-3-12/h2-7,10-11,15,20H,8-9H2,1H3,(H2,18,19,21). The van der Waals surface area contributed by atoms with Gasteiger partial charge in [0.2, 0.25) is 0 Å². The van der Waals surface area contributed by atoms with Gasteiger partial charge in [-0.2, -0.15) is 11.3 Å². The van der Waals surface area contributed by atoms with Gasteiger partial charge in [0.25, 0.3) is 0 Å². The van der Waals surface area contributed by atoms with Crippen molar-refractivity contribution in [3.05, 3.63) is 57.2 Å². The molecule has 0 saturated carbocycles. The Labute approximate surface area is 139 Å². The molecule has 0 aliphatic carbocycles. The van der Waals surface area contributed by atoms with Crippen LogP contribution in [0.25, 0.3) is 0 Å². The molecular weight excluding hydrogens is 320 g/mol. The van der Waals surface area contributed by atoms with Crippen LogP contribution in [0.2, 0.25) is 5.02 Å². The number of thiophene rings is 1. The van der Waals surface area contributed by atoms with Crippen LogP contribution in [0.5, 0.6) is 0 Å². The van der Waals surface area contributed by atoms with Crippen molar-refractivity contribution >= 4 is 29.0 Å². The monoisotopic (exact) mass is 338 g/mol. The third-order valence-corrected chi connectivity index (χ3v) is 4.39. The maximum Gasteiger partial charge on any atom is 0.315 e. The van der Waals surface area contributed by atoms with E-state index in [0.717, 1.165) is 5.56 Å². The van der Waals surface area contributed by atoms with Crippen molar-refractivity contribution in [1.29, 1.82) is 0 Å². The Kier molecular flexibility index (Phi) is 6.24. The van der Waals surface area contributed by atoms with E-state index in [2.05, 4.69) is 29.0 Å². The highest BCUT2D eigenvalue weighted by Gasteiger charge is 2.14. The summed E-state index contributed by atoms with van der Waals surface area (Å²) in [6, 6.07) is 8.36. The van der Waals surface area contributed by atoms with Crippen LogP contribution in [0.4, 0.5) is 4.79 Å². The number of rotatable bonds is 6. The third kappa shape index (κ3) is 4.73. The molecule has 6 heteroatoms. The highest BCUT2D eigenvalue weighted by molar-refractivity contribution is 7.07. The van der Waals surface area contributed by atoms with Crippen LogP contribution in [0.15, 0.2) is 41.1 Å². The van der Waals surface area contributed by atoms with Crippen LogP contribution in [0, 0.1) is 0 Å². The first-order valence-corrected chi connectivity index (χ1v) is 8.35. The normalized spacial score (nSPS) is 13.4. The van der Waals surface area contributed by atoms with E-state index in [1.54, 1.807) is 35.6 Å². The smallest absolute Gasteiger partial charge is 0.315 e. The van der Waals surface area contributed by atoms with Crippen molar-refractivity contribution < 1.29 is 9.90 Å². The molecule has 0 fully saturated rings. The molecule has 22 heavy (non-hydrogen) atoms. The molecule has 3 N–H and O–H groups in total. The fourth-order valence-corrected chi connectivity index (χ4v) is 2.97. The van der Waals surface area contributed by atoms with Gasteiger partial charge in [-0.1, -0.05) is 30.7 Å². The summed E-state index contributed by atoms with van der Waals surface area (Å²) in [6.45, 7) is 2.43. The van der Waals surface area contributed by atoms with Gasteiger partial charge in [0, 0.05) is 11.6 Å². The number of nitrogens with one attached hydrogen (secondary N) is 2. The first-order chi connectivity index (χ1) is 10.6. The minimum Gasteiger partial charge on any atom is -0.394 e. The molecule has 2 amide bonds. The second kappa shape index (κ2) is 8.17. The molecule has 1 aromatic carbocycles. The first kappa shape index (κ1) is 16.8. The van der Waals surface area contributed by atoms with Gasteiger partial charge < -0.3 is 15.7 Å². The number of urea groups is 1. The number of amides is 2. The Hall–Kier alpha value is -1.56. The largest absolute Gasteiger partial charge is 0.394 e. The molecule has 2 aromatic rings. The lowest BCUT2D eigenvalue weighted by atomic mass is 10.1. The molecule has 1 heterocycles. The van der Waals surface area contributed by atoms with E-state index < -0.39 is 6.04 Å². The maximum absolute atomic E-state index is 12.0. The van der Waals surface area contributed by atoms with Gasteiger partial charge in [-0.15, -0.1) is 0 Å². The molecule has 0 aliphatic rings. The summed E-state index contributed by atoms with van der Waals surface area (Å²) in [4.78, 5) is 12.0. The minimum atomic E-state index is -0.450. The summed E-state index contributed by atoms with van der Waals surface area (Å²) in [5, 5.41) is 19.8. The van der Waals surface area contributed by atoms with Crippen LogP contribution in [-0.4, -0.2) is 24.3 Å². The van der Waals surface area contributed by atoms with E-state index >= 15 is 0 Å². The van der Waals surface area contributed by atoms with Crippen LogP contribution in [0.1, 0.15) is 30.0 Å². The zero-order valence-electron chi connectivity index (χ0n) is 12.3. The molecule has 0 spiro atoms. The predicted molar refractivity (Wildman–Crippen MR) is 90.5 cm³/mol. The topological polar surface area (TPSA) is 61.4 Å². The van der Waals surface area contributed by atoms with Crippen molar-refractivity contribution in [3.63, 3.8) is 0 Å². The molecule has 118 valence electrons. The van der Waals surface area contributed by atoms with Crippen molar-refractivity contribution in [2.75, 3.05) is 13.2 Å². The molecule has 4 nitrogen and oxygen atoms in total. The molecule has 0 bridgehead atoms. The van der Waals surface area contributed by atoms with E-state index in [1.807, 2.05) is 5.38 Å². The number of benzene rings is 1. The average molecular weight is 339 g/mol. The molecule has 1 aromatic heterocycles. The third-order valence-electron chi connectivity index (χ3n) is 3.44. The average Bonchev–Trinajstić information content (AvgIpc) is 3.05. The lowest BCUT2D eigenvalue weighted by molar-refractivity contribution is 0.216. The summed E-state index contributed by atoms with van der Waals surface area (Å²) in [7, 11) is 0. The molecule has 0 aliphatic heterocycles. The number of aliphatic hydroxyl groups excluding tert-OH is 1. The van der Waals surface area contributed by atoms with Crippen molar-refractivity contribution in [2.24, 2.45) is 0 Å². The van der Waals surface area contributed by atoms with E-state index in [9.17, 15) is 9.90 Å². The van der Waals surface area contributed by atoms with Gasteiger partial charge in [0.05, 0.1) is 12.6 Å². The van der Waals surface area contributed by atoms with Gasteiger partial charge in [-0.25, -0.2) is 4.79 Å². The number of carbonyl (C=O) groups excluding carboxylic acids is 1. The summed E-state index contributed by atoms with van der Waals surface area (Å²) < 4.78 is 0. The van der Waals surface area contributed by atoms with E-state index in [1.165, 1.54) is 5.56 Å².